The highest BCUT2D eigenvalue weighted by molar-refractivity contribution is 6.45. The van der Waals surface area contributed by atoms with Crippen LogP contribution in [0.2, 0.25) is 5.02 Å². The van der Waals surface area contributed by atoms with Crippen molar-refractivity contribution in [3.8, 4) is 12.1 Å². The van der Waals surface area contributed by atoms with Gasteiger partial charge in [0.2, 0.25) is 34.1 Å². The van der Waals surface area contributed by atoms with Crippen LogP contribution in [-0.4, -0.2) is 141 Å². The summed E-state index contributed by atoms with van der Waals surface area (Å²) < 4.78 is 48.0. The van der Waals surface area contributed by atoms with Crippen LogP contribution in [0.5, 0.6) is 0 Å². The molecule has 24 nitrogen and oxygen atoms in total. The minimum atomic E-state index is -3.10. The Hall–Kier alpha value is -10.9. The number of ether oxygens (including phenoxy) is 2. The molecule has 3 aliphatic heterocycles. The van der Waals surface area contributed by atoms with Crippen molar-refractivity contribution in [1.29, 1.82) is 10.5 Å². The van der Waals surface area contributed by atoms with Gasteiger partial charge in [-0.1, -0.05) is 138 Å². The Morgan fingerprint density at radius 3 is 1.40 bits per heavy atom. The molecule has 29 heteroatoms. The standard InChI is InChI=1S/C21H19F2N3O3.C14H13NO3.C13H19BO2.C13H11NO3.C7H6ClNO3.C7H11N3O.ClH/c22-21(23)10-16(11-24)26(13-21)20(29)7-6-18(27)17-12-25-19(28)9-15(17)8-14-4-2-1-3-5-14;1-18-14(17)12-9-15-13(16)8-11(12)7-10-5-3-2-4-6-10;1-12(2)13(3,4)16-14(15-12)10-11-8-6-5-7-9-11;15-12-7-10(11(8-14-12)13(16)17)6-9-4-2-1-3-5-9;1-12-7(11)4-3-9-6(10)2-5(4)8;8-4-6-2-1-3-10(6)7(11)5-9;/h1-5,9,12,16H,6-8,10,13H2,(H,25,28);2-6,8-9H,7H2,1H3,(H,15,16);5-9H,10H2,1-4H3;1-5,7-8H,6H2,(H,14,15)(H,16,17);2-3H,1H3,(H,9,10);6H,1-3,5,9H2;1H/t16-;;;;;6-;/m0....0./s1. The second-order valence-corrected chi connectivity index (χ2v) is 25.1. The number of carbonyl (C=O) groups excluding carboxylic acids is 5. The van der Waals surface area contributed by atoms with E-state index in [4.69, 9.17) is 47.0 Å². The lowest BCUT2D eigenvalue weighted by atomic mass is 9.81. The highest BCUT2D eigenvalue weighted by atomic mass is 35.5. The van der Waals surface area contributed by atoms with Crippen LogP contribution in [0.3, 0.4) is 0 Å². The molecule has 0 saturated carbocycles. The van der Waals surface area contributed by atoms with Crippen molar-refractivity contribution in [2.75, 3.05) is 33.9 Å². The second kappa shape index (κ2) is 40.1. The molecule has 0 bridgehead atoms. The number of benzene rings is 4. The van der Waals surface area contributed by atoms with Crippen molar-refractivity contribution >= 4 is 66.6 Å². The van der Waals surface area contributed by atoms with E-state index in [9.17, 15) is 56.7 Å². The Balaban J connectivity index is 0.000000231. The molecular weight excluding hydrogens is 1390 g/mol. The van der Waals surface area contributed by atoms with E-state index in [1.165, 1.54) is 62.8 Å². The van der Waals surface area contributed by atoms with E-state index in [2.05, 4.69) is 70.6 Å². The summed E-state index contributed by atoms with van der Waals surface area (Å²) in [5.41, 5.74) is 10.3. The van der Waals surface area contributed by atoms with Gasteiger partial charge in [-0.05, 0) is 93.2 Å². The Bertz CT molecular complexity index is 4540. The molecule has 104 heavy (non-hydrogen) atoms. The molecule has 3 saturated heterocycles. The summed E-state index contributed by atoms with van der Waals surface area (Å²) in [5.74, 6) is -6.30. The number of carboxylic acid groups (broad SMARTS) is 1. The fourth-order valence-corrected chi connectivity index (χ4v) is 11.0. The van der Waals surface area contributed by atoms with Gasteiger partial charge in [-0.15, -0.1) is 12.4 Å². The minimum absolute atomic E-state index is 0. The normalized spacial score (nSPS) is 15.3. The molecule has 0 radical (unpaired) electrons. The van der Waals surface area contributed by atoms with Crippen LogP contribution in [0, 0.1) is 22.7 Å². The molecule has 3 fully saturated rings. The van der Waals surface area contributed by atoms with Crippen LogP contribution in [0.25, 0.3) is 0 Å². The quantitative estimate of drug-likeness (QED) is 0.0298. The number of halogens is 4. The number of esters is 2. The number of aromatic amines is 4. The van der Waals surface area contributed by atoms with Gasteiger partial charge in [0.1, 0.15) is 12.1 Å². The van der Waals surface area contributed by atoms with Crippen LogP contribution in [0.15, 0.2) is 190 Å². The third-order valence-corrected chi connectivity index (χ3v) is 17.0. The third-order valence-electron chi connectivity index (χ3n) is 16.7. The van der Waals surface area contributed by atoms with E-state index in [0.29, 0.717) is 48.1 Å². The van der Waals surface area contributed by atoms with Crippen LogP contribution in [0.4, 0.5) is 8.78 Å². The molecule has 2 amide bonds. The number of hydrogen-bond donors (Lipinski definition) is 6. The number of carbonyl (C=O) groups is 6. The second-order valence-electron chi connectivity index (χ2n) is 24.6. The van der Waals surface area contributed by atoms with Crippen molar-refractivity contribution < 1.29 is 61.4 Å². The molecule has 0 unspecified atom stereocenters. The SMILES string of the molecule is CC1(C)OB(Cc2ccccc2)OC1(C)C.COC(=O)c1c[nH]c(=O)cc1Cc1ccccc1.COC(=O)c1c[nH]c(=O)cc1Cl.Cl.N#C[C@@H]1CC(F)(F)CN1C(=O)CCC(=O)c1c[nH]c(=O)cc1Cc1ccccc1.N#C[C@@H]1CCCN1C(=O)CN.O=C(O)c1c[nH]c(=O)cc1Cc1ccccc1. The Morgan fingerprint density at radius 1 is 0.587 bits per heavy atom. The van der Waals surface area contributed by atoms with Gasteiger partial charge in [0.25, 0.3) is 5.92 Å². The summed E-state index contributed by atoms with van der Waals surface area (Å²) in [4.78, 5) is 126. The molecule has 546 valence electrons. The monoisotopic (exact) mass is 1470 g/mol. The summed E-state index contributed by atoms with van der Waals surface area (Å²) in [5, 5.41) is 26.7. The maximum absolute atomic E-state index is 13.5. The number of nitrogens with one attached hydrogen (secondary N) is 4. The molecule has 2 atom stereocenters. The number of pyridine rings is 4. The van der Waals surface area contributed by atoms with E-state index in [1.54, 1.807) is 11.0 Å². The predicted octanol–water partition coefficient (Wildman–Crippen LogP) is 9.66. The number of aromatic carboxylic acids is 1. The Labute approximate surface area is 609 Å². The summed E-state index contributed by atoms with van der Waals surface area (Å²) in [6.07, 6.45) is 7.85. The van der Waals surface area contributed by atoms with Gasteiger partial charge in [0, 0.05) is 86.7 Å². The number of alkyl halides is 2. The summed E-state index contributed by atoms with van der Waals surface area (Å²) in [6.45, 7) is 8.22. The van der Waals surface area contributed by atoms with E-state index in [-0.39, 0.29) is 112 Å². The smallest absolute Gasteiger partial charge is 0.462 e. The number of rotatable bonds is 16. The average Bonchev–Trinajstić information content (AvgIpc) is 1.68. The molecule has 0 spiro atoms. The van der Waals surface area contributed by atoms with E-state index in [0.717, 1.165) is 46.8 Å². The van der Waals surface area contributed by atoms with Crippen molar-refractivity contribution in [1.82, 2.24) is 29.7 Å². The van der Waals surface area contributed by atoms with Gasteiger partial charge in [-0.2, -0.15) is 10.5 Å². The first kappa shape index (κ1) is 83.7. The first-order valence-corrected chi connectivity index (χ1v) is 32.8. The van der Waals surface area contributed by atoms with E-state index >= 15 is 0 Å². The average molecular weight is 1470 g/mol. The molecule has 3 aliphatic rings. The number of ketones is 1. The fourth-order valence-electron chi connectivity index (χ4n) is 10.8. The number of carboxylic acids is 1. The zero-order chi connectivity index (χ0) is 75.4. The van der Waals surface area contributed by atoms with Crippen LogP contribution in [-0.2, 0) is 54.0 Å². The Kier molecular flexibility index (Phi) is 32.2. The highest BCUT2D eigenvalue weighted by Crippen LogP contribution is 2.38. The number of amides is 2. The number of aromatic nitrogens is 4. The van der Waals surface area contributed by atoms with Gasteiger partial charge < -0.3 is 59.4 Å². The molecular formula is C75H80BCl2F2N9O15. The molecule has 8 aromatic rings. The number of Topliss-reactive ketones (excluding diaryl/α,β-unsaturated/α-hetero) is 1. The van der Waals surface area contributed by atoms with Crippen molar-refractivity contribution in [3.63, 3.8) is 0 Å². The van der Waals surface area contributed by atoms with Crippen LogP contribution >= 0.6 is 24.0 Å². The first-order chi connectivity index (χ1) is 49.0. The molecule has 0 aliphatic carbocycles. The van der Waals surface area contributed by atoms with Gasteiger partial charge in [0.05, 0.1) is 72.4 Å². The molecule has 7 heterocycles. The predicted molar refractivity (Wildman–Crippen MR) is 388 cm³/mol. The van der Waals surface area contributed by atoms with Crippen molar-refractivity contribution in [2.45, 2.75) is 115 Å². The molecule has 4 aromatic heterocycles. The first-order valence-electron chi connectivity index (χ1n) is 32.4. The number of nitrogens with two attached hydrogens (primary N) is 1. The van der Waals surface area contributed by atoms with Crippen LogP contribution in [0.1, 0.15) is 140 Å². The number of nitrogens with zero attached hydrogens (tertiary/aromatic N) is 4. The summed E-state index contributed by atoms with van der Waals surface area (Å²) >= 11 is 5.58. The zero-order valence-electron chi connectivity index (χ0n) is 58.0. The fraction of sp³-hybridized carbons (Fsp3) is 0.307. The van der Waals surface area contributed by atoms with Gasteiger partial charge in [-0.25, -0.2) is 23.2 Å². The van der Waals surface area contributed by atoms with Gasteiger partial charge in [-0.3, -0.25) is 33.6 Å². The maximum atomic E-state index is 13.5. The maximum Gasteiger partial charge on any atom is 0.462 e. The van der Waals surface area contributed by atoms with Crippen molar-refractivity contribution in [2.24, 2.45) is 5.73 Å². The largest absolute Gasteiger partial charge is 0.478 e. The minimum Gasteiger partial charge on any atom is -0.478 e. The number of H-pyrrole nitrogens is 4. The summed E-state index contributed by atoms with van der Waals surface area (Å²) in [6, 6.07) is 46.3. The van der Waals surface area contributed by atoms with Crippen molar-refractivity contribution in [3.05, 3.63) is 278 Å². The molecule has 4 aromatic carbocycles. The topological polar surface area (TPSA) is 371 Å². The lowest BCUT2D eigenvalue weighted by molar-refractivity contribution is -0.132. The number of nitriles is 2. The lowest BCUT2D eigenvalue weighted by Gasteiger charge is -2.32. The van der Waals surface area contributed by atoms with Gasteiger partial charge >= 0.3 is 25.0 Å². The Morgan fingerprint density at radius 2 is 0.981 bits per heavy atom. The molecule has 11 rings (SSSR count). The van der Waals surface area contributed by atoms with Crippen LogP contribution < -0.4 is 28.0 Å². The molecule has 7 N–H and O–H groups in total. The summed E-state index contributed by atoms with van der Waals surface area (Å²) in [7, 11) is 2.43. The number of methoxy groups -OCH3 is 2. The third kappa shape index (κ3) is 25.2. The van der Waals surface area contributed by atoms with Gasteiger partial charge in [0.15, 0.2) is 5.78 Å². The number of hydrogen-bond acceptors (Lipinski definition) is 17. The lowest BCUT2D eigenvalue weighted by Crippen LogP contribution is -2.41. The van der Waals surface area contributed by atoms with E-state index < -0.39 is 48.7 Å². The van der Waals surface area contributed by atoms with E-state index in [1.807, 2.05) is 109 Å². The zero-order valence-corrected chi connectivity index (χ0v) is 59.5. The highest BCUT2D eigenvalue weighted by Gasteiger charge is 2.51. The number of likely N-dealkylation sites (tertiary alicyclic amines) is 2.